The van der Waals surface area contributed by atoms with Gasteiger partial charge in [-0.1, -0.05) is 71.9 Å². The van der Waals surface area contributed by atoms with Gasteiger partial charge in [-0.25, -0.2) is 4.57 Å². The number of aromatic nitrogens is 1. The minimum absolute atomic E-state index is 0.00680. The zero-order chi connectivity index (χ0) is 24.6. The van der Waals surface area contributed by atoms with Crippen molar-refractivity contribution < 1.29 is 5.94 Å². The van der Waals surface area contributed by atoms with E-state index in [0.717, 1.165) is 11.3 Å². The SMILES string of the molecule is [2H]C(C)(C)c1cc[n+](C)c(-c2cc3c(cc2C)C(C)(C)C(C)(C)c2cc4ccccc4cc2-3)c1. The molecule has 0 N–H and O–H groups in total. The van der Waals surface area contributed by atoms with Gasteiger partial charge < -0.3 is 0 Å². The Kier molecular flexibility index (Phi) is 4.56. The molecule has 5 rings (SSSR count). The Morgan fingerprint density at radius 1 is 0.758 bits per heavy atom. The molecule has 0 amide bonds. The van der Waals surface area contributed by atoms with Crippen molar-refractivity contribution in [1.82, 2.24) is 0 Å². The average molecular weight is 436 g/mol. The van der Waals surface area contributed by atoms with Crippen molar-refractivity contribution in [2.45, 2.75) is 65.2 Å². The molecule has 0 fully saturated rings. The first-order valence-corrected chi connectivity index (χ1v) is 12.0. The summed E-state index contributed by atoms with van der Waals surface area (Å²) >= 11 is 0. The van der Waals surface area contributed by atoms with Gasteiger partial charge in [0.2, 0.25) is 5.69 Å². The summed E-state index contributed by atoms with van der Waals surface area (Å²) in [4.78, 5) is 0. The molecule has 33 heavy (non-hydrogen) atoms. The summed E-state index contributed by atoms with van der Waals surface area (Å²) < 4.78 is 10.8. The summed E-state index contributed by atoms with van der Waals surface area (Å²) in [5.74, 6) is -0.636. The predicted octanol–water partition coefficient (Wildman–Crippen LogP) is 8.00. The quantitative estimate of drug-likeness (QED) is 0.281. The monoisotopic (exact) mass is 435 g/mol. The number of hydrogen-bond acceptors (Lipinski definition) is 0. The van der Waals surface area contributed by atoms with Gasteiger partial charge in [-0.2, -0.15) is 0 Å². The summed E-state index contributed by atoms with van der Waals surface area (Å²) in [7, 11) is 2.10. The highest BCUT2D eigenvalue weighted by Crippen LogP contribution is 2.55. The van der Waals surface area contributed by atoms with Gasteiger partial charge >= 0.3 is 0 Å². The van der Waals surface area contributed by atoms with E-state index < -0.39 is 5.89 Å². The number of pyridine rings is 1. The molecule has 0 aliphatic heterocycles. The third-order valence-electron chi connectivity index (χ3n) is 8.45. The summed E-state index contributed by atoms with van der Waals surface area (Å²) in [5.41, 5.74) is 10.2. The maximum atomic E-state index is 8.57. The lowest BCUT2D eigenvalue weighted by Crippen LogP contribution is -2.43. The number of nitrogens with zero attached hydrogens (tertiary/aromatic N) is 1. The minimum atomic E-state index is -0.636. The Hall–Kier alpha value is -2.93. The molecule has 3 aromatic carbocycles. The fraction of sp³-hybridized carbons (Fsp3) is 0.344. The van der Waals surface area contributed by atoms with Gasteiger partial charge in [0.05, 0.1) is 0 Å². The Labute approximate surface area is 200 Å². The molecule has 0 radical (unpaired) electrons. The number of hydrogen-bond donors (Lipinski definition) is 0. The molecule has 1 aliphatic carbocycles. The lowest BCUT2D eigenvalue weighted by atomic mass is 9.55. The van der Waals surface area contributed by atoms with Crippen LogP contribution in [0.15, 0.2) is 66.9 Å². The molecule has 4 aromatic rings. The molecule has 168 valence electrons. The van der Waals surface area contributed by atoms with Gasteiger partial charge in [-0.3, -0.25) is 0 Å². The summed E-state index contributed by atoms with van der Waals surface area (Å²) in [5, 5.41) is 2.59. The number of rotatable bonds is 2. The second-order valence-corrected chi connectivity index (χ2v) is 11.1. The van der Waals surface area contributed by atoms with Crippen LogP contribution in [-0.2, 0) is 17.9 Å². The first-order valence-electron chi connectivity index (χ1n) is 12.5. The van der Waals surface area contributed by atoms with Crippen LogP contribution >= 0.6 is 0 Å². The van der Waals surface area contributed by atoms with Gasteiger partial charge in [0.25, 0.3) is 0 Å². The standard InChI is InChI=1S/C32H36N/c1-20(2)22-13-14-33(8)30(18-22)25-19-27-26-16-23-11-9-10-12-24(23)17-29(26)32(6,7)31(4,5)28(27)15-21(25)3/h9-20H,1-8H3/q+1/i20D. The molecule has 0 saturated carbocycles. The molecule has 1 heterocycles. The van der Waals surface area contributed by atoms with Crippen molar-refractivity contribution >= 4 is 10.8 Å². The lowest BCUT2D eigenvalue weighted by molar-refractivity contribution is -0.660. The molecule has 0 unspecified atom stereocenters. The van der Waals surface area contributed by atoms with Crippen molar-refractivity contribution in [2.75, 3.05) is 0 Å². The van der Waals surface area contributed by atoms with Crippen LogP contribution in [0, 0.1) is 6.92 Å². The fourth-order valence-corrected chi connectivity index (χ4v) is 5.53. The molecule has 1 aliphatic rings. The van der Waals surface area contributed by atoms with E-state index in [1.54, 1.807) is 0 Å². The van der Waals surface area contributed by atoms with Crippen LogP contribution in [-0.4, -0.2) is 0 Å². The zero-order valence-corrected chi connectivity index (χ0v) is 21.3. The van der Waals surface area contributed by atoms with Crippen LogP contribution in [0.25, 0.3) is 33.2 Å². The Morgan fingerprint density at radius 3 is 1.97 bits per heavy atom. The largest absolute Gasteiger partial charge is 0.212 e. The molecule has 0 spiro atoms. The van der Waals surface area contributed by atoms with Crippen LogP contribution in [0.5, 0.6) is 0 Å². The molecular formula is C32H36N+. The highest BCUT2D eigenvalue weighted by Gasteiger charge is 2.46. The van der Waals surface area contributed by atoms with Crippen molar-refractivity contribution in [3.63, 3.8) is 0 Å². The smallest absolute Gasteiger partial charge is 0.201 e. The molecule has 1 nitrogen and oxygen atoms in total. The van der Waals surface area contributed by atoms with Crippen molar-refractivity contribution in [3.05, 3.63) is 89.1 Å². The van der Waals surface area contributed by atoms with Crippen LogP contribution in [0.4, 0.5) is 0 Å². The Morgan fingerprint density at radius 2 is 1.33 bits per heavy atom. The highest BCUT2D eigenvalue weighted by molar-refractivity contribution is 5.93. The van der Waals surface area contributed by atoms with Crippen molar-refractivity contribution in [1.29, 1.82) is 0 Å². The van der Waals surface area contributed by atoms with E-state index in [-0.39, 0.29) is 10.8 Å². The summed E-state index contributed by atoms with van der Waals surface area (Å²) in [6.07, 6.45) is 2.09. The van der Waals surface area contributed by atoms with Gasteiger partial charge in [-0.05, 0) is 86.0 Å². The van der Waals surface area contributed by atoms with E-state index in [1.165, 1.54) is 44.2 Å². The summed E-state index contributed by atoms with van der Waals surface area (Å²) in [6, 6.07) is 22.6. The average Bonchev–Trinajstić information content (AvgIpc) is 2.77. The van der Waals surface area contributed by atoms with E-state index in [9.17, 15) is 0 Å². The molecular weight excluding hydrogens is 398 g/mol. The van der Waals surface area contributed by atoms with Crippen molar-refractivity contribution in [2.24, 2.45) is 7.05 Å². The summed E-state index contributed by atoms with van der Waals surface area (Å²) in [6.45, 7) is 15.7. The number of fused-ring (bicyclic) bond motifs is 4. The van der Waals surface area contributed by atoms with Gasteiger partial charge in [-0.15, -0.1) is 0 Å². The fourth-order valence-electron chi connectivity index (χ4n) is 5.53. The molecule has 0 saturated heterocycles. The van der Waals surface area contributed by atoms with E-state index in [1.807, 2.05) is 13.8 Å². The first kappa shape index (κ1) is 20.7. The maximum absolute atomic E-state index is 8.57. The second-order valence-electron chi connectivity index (χ2n) is 11.1. The van der Waals surface area contributed by atoms with Gasteiger partial charge in [0.1, 0.15) is 7.05 Å². The third-order valence-corrected chi connectivity index (χ3v) is 8.45. The highest BCUT2D eigenvalue weighted by atomic mass is 14.9. The van der Waals surface area contributed by atoms with Crippen LogP contribution in [0.2, 0.25) is 0 Å². The first-order chi connectivity index (χ1) is 15.8. The molecule has 0 bridgehead atoms. The second kappa shape index (κ2) is 7.29. The lowest BCUT2D eigenvalue weighted by Gasteiger charge is -2.48. The molecule has 1 heteroatoms. The van der Waals surface area contributed by atoms with Crippen LogP contribution in [0.1, 0.15) is 71.1 Å². The topological polar surface area (TPSA) is 3.88 Å². The van der Waals surface area contributed by atoms with E-state index >= 15 is 0 Å². The predicted molar refractivity (Wildman–Crippen MR) is 141 cm³/mol. The van der Waals surface area contributed by atoms with Gasteiger partial charge in [0, 0.05) is 19.1 Å². The number of benzene rings is 3. The van der Waals surface area contributed by atoms with Crippen molar-refractivity contribution in [3.8, 4) is 22.4 Å². The maximum Gasteiger partial charge on any atom is 0.212 e. The van der Waals surface area contributed by atoms with E-state index in [4.69, 9.17) is 1.37 Å². The van der Waals surface area contributed by atoms with Crippen LogP contribution < -0.4 is 4.57 Å². The minimum Gasteiger partial charge on any atom is -0.201 e. The van der Waals surface area contributed by atoms with Gasteiger partial charge in [0.15, 0.2) is 6.20 Å². The Balaban J connectivity index is 1.84. The third kappa shape index (κ3) is 3.16. The van der Waals surface area contributed by atoms with E-state index in [0.29, 0.717) is 0 Å². The normalized spacial score (nSPS) is 16.8. The van der Waals surface area contributed by atoms with Crippen LogP contribution in [0.3, 0.4) is 0 Å². The van der Waals surface area contributed by atoms with E-state index in [2.05, 4.69) is 113 Å². The number of aryl methyl sites for hydroxylation is 2. The molecule has 0 atom stereocenters. The zero-order valence-electron chi connectivity index (χ0n) is 22.3. The molecule has 1 aromatic heterocycles. The Bertz CT molecular complexity index is 1450.